The minimum Gasteiger partial charge on any atom is -0.487 e. The molecule has 0 unspecified atom stereocenters. The van der Waals surface area contributed by atoms with E-state index in [1.165, 1.54) is 16.7 Å². The summed E-state index contributed by atoms with van der Waals surface area (Å²) in [5.74, 6) is 6.53. The SMILES string of the molecule is Cc1ccc(C)c(COc2cncc(C#CCCO)c2)c1. The van der Waals surface area contributed by atoms with Crippen molar-refractivity contribution in [2.24, 2.45) is 0 Å². The highest BCUT2D eigenvalue weighted by molar-refractivity contribution is 5.37. The normalized spacial score (nSPS) is 9.86. The monoisotopic (exact) mass is 281 g/mol. The van der Waals surface area contributed by atoms with Gasteiger partial charge in [0.25, 0.3) is 0 Å². The second-order valence-electron chi connectivity index (χ2n) is 4.90. The molecule has 2 aromatic rings. The van der Waals surface area contributed by atoms with Crippen molar-refractivity contribution >= 4 is 0 Å². The second kappa shape index (κ2) is 7.47. The molecule has 0 aliphatic rings. The van der Waals surface area contributed by atoms with Gasteiger partial charge < -0.3 is 9.84 Å². The van der Waals surface area contributed by atoms with Crippen LogP contribution in [0.5, 0.6) is 5.75 Å². The average Bonchev–Trinajstić information content (AvgIpc) is 2.49. The smallest absolute Gasteiger partial charge is 0.139 e. The van der Waals surface area contributed by atoms with Crippen LogP contribution in [0.1, 0.15) is 28.7 Å². The molecule has 0 aliphatic heterocycles. The van der Waals surface area contributed by atoms with Gasteiger partial charge in [-0.3, -0.25) is 4.98 Å². The molecule has 3 heteroatoms. The summed E-state index contributed by atoms with van der Waals surface area (Å²) >= 11 is 0. The van der Waals surface area contributed by atoms with Gasteiger partial charge in [0.2, 0.25) is 0 Å². The third-order valence-electron chi connectivity index (χ3n) is 3.08. The van der Waals surface area contributed by atoms with Crippen molar-refractivity contribution in [3.8, 4) is 17.6 Å². The summed E-state index contributed by atoms with van der Waals surface area (Å²) in [5, 5.41) is 8.71. The molecule has 0 fully saturated rings. The molecule has 2 rings (SSSR count). The molecular weight excluding hydrogens is 262 g/mol. The molecule has 0 saturated heterocycles. The molecule has 108 valence electrons. The van der Waals surface area contributed by atoms with E-state index in [0.717, 1.165) is 5.56 Å². The zero-order valence-electron chi connectivity index (χ0n) is 12.4. The van der Waals surface area contributed by atoms with Crippen LogP contribution in [0.4, 0.5) is 0 Å². The first-order valence-corrected chi connectivity index (χ1v) is 6.93. The van der Waals surface area contributed by atoms with E-state index in [4.69, 9.17) is 9.84 Å². The van der Waals surface area contributed by atoms with Gasteiger partial charge in [0, 0.05) is 18.2 Å². The molecule has 0 saturated carbocycles. The number of aliphatic hydroxyl groups excluding tert-OH is 1. The maximum Gasteiger partial charge on any atom is 0.139 e. The maximum absolute atomic E-state index is 8.71. The van der Waals surface area contributed by atoms with Crippen LogP contribution in [0.15, 0.2) is 36.7 Å². The van der Waals surface area contributed by atoms with Crippen molar-refractivity contribution in [2.45, 2.75) is 26.9 Å². The van der Waals surface area contributed by atoms with E-state index in [9.17, 15) is 0 Å². The van der Waals surface area contributed by atoms with Gasteiger partial charge in [-0.25, -0.2) is 0 Å². The van der Waals surface area contributed by atoms with E-state index < -0.39 is 0 Å². The summed E-state index contributed by atoms with van der Waals surface area (Å²) in [5.41, 5.74) is 4.40. The largest absolute Gasteiger partial charge is 0.487 e. The molecule has 1 aromatic carbocycles. The van der Waals surface area contributed by atoms with Crippen LogP contribution in [0.3, 0.4) is 0 Å². The van der Waals surface area contributed by atoms with Crippen LogP contribution < -0.4 is 4.74 Å². The lowest BCUT2D eigenvalue weighted by Gasteiger charge is -2.09. The molecule has 0 bridgehead atoms. The van der Waals surface area contributed by atoms with E-state index in [-0.39, 0.29) is 6.61 Å². The number of nitrogens with zero attached hydrogens (tertiary/aromatic N) is 1. The standard InChI is InChI=1S/C18H19NO2/c1-14-6-7-15(2)17(9-14)13-21-18-10-16(11-19-12-18)5-3-4-8-20/h6-7,9-12,20H,4,8,13H2,1-2H3. The van der Waals surface area contributed by atoms with Gasteiger partial charge in [0.05, 0.1) is 12.8 Å². The number of ether oxygens (including phenoxy) is 1. The summed E-state index contributed by atoms with van der Waals surface area (Å²) in [6.45, 7) is 4.74. The first-order valence-electron chi connectivity index (χ1n) is 6.93. The van der Waals surface area contributed by atoms with E-state index in [1.54, 1.807) is 12.4 Å². The minimum absolute atomic E-state index is 0.0727. The molecule has 1 aromatic heterocycles. The second-order valence-corrected chi connectivity index (χ2v) is 4.90. The van der Waals surface area contributed by atoms with Gasteiger partial charge in [0.15, 0.2) is 0 Å². The Morgan fingerprint density at radius 3 is 2.86 bits per heavy atom. The number of aromatic nitrogens is 1. The van der Waals surface area contributed by atoms with Crippen molar-refractivity contribution in [3.63, 3.8) is 0 Å². The predicted molar refractivity (Wildman–Crippen MR) is 83.1 cm³/mol. The summed E-state index contributed by atoms with van der Waals surface area (Å²) in [4.78, 5) is 4.13. The zero-order valence-corrected chi connectivity index (χ0v) is 12.4. The fourth-order valence-electron chi connectivity index (χ4n) is 1.90. The topological polar surface area (TPSA) is 42.4 Å². The number of aliphatic hydroxyl groups is 1. The highest BCUT2D eigenvalue weighted by Crippen LogP contribution is 2.16. The van der Waals surface area contributed by atoms with E-state index in [1.807, 2.05) is 6.07 Å². The lowest BCUT2D eigenvalue weighted by molar-refractivity contribution is 0.304. The minimum atomic E-state index is 0.0727. The van der Waals surface area contributed by atoms with Crippen LogP contribution in [-0.2, 0) is 6.61 Å². The number of hydrogen-bond acceptors (Lipinski definition) is 3. The summed E-state index contributed by atoms with van der Waals surface area (Å²) in [6.07, 6.45) is 3.84. The van der Waals surface area contributed by atoms with Crippen LogP contribution in [0, 0.1) is 25.7 Å². The summed E-state index contributed by atoms with van der Waals surface area (Å²) < 4.78 is 5.80. The van der Waals surface area contributed by atoms with E-state index in [2.05, 4.69) is 48.9 Å². The number of aryl methyl sites for hydroxylation is 2. The van der Waals surface area contributed by atoms with E-state index in [0.29, 0.717) is 18.8 Å². The third kappa shape index (κ3) is 4.62. The van der Waals surface area contributed by atoms with Crippen molar-refractivity contribution < 1.29 is 9.84 Å². The van der Waals surface area contributed by atoms with Gasteiger partial charge in [-0.2, -0.15) is 0 Å². The Labute approximate surface area is 125 Å². The Hall–Kier alpha value is -2.31. The van der Waals surface area contributed by atoms with Gasteiger partial charge in [-0.1, -0.05) is 35.6 Å². The van der Waals surface area contributed by atoms with Gasteiger partial charge >= 0.3 is 0 Å². The van der Waals surface area contributed by atoms with Crippen molar-refractivity contribution in [3.05, 3.63) is 58.9 Å². The number of benzene rings is 1. The number of rotatable bonds is 4. The molecule has 0 spiro atoms. The Bertz CT molecular complexity index is 668. The van der Waals surface area contributed by atoms with Crippen molar-refractivity contribution in [1.29, 1.82) is 0 Å². The van der Waals surface area contributed by atoms with Gasteiger partial charge in [0.1, 0.15) is 12.4 Å². The van der Waals surface area contributed by atoms with Crippen LogP contribution in [0.2, 0.25) is 0 Å². The molecular formula is C18H19NO2. The Balaban J connectivity index is 2.05. The fraction of sp³-hybridized carbons (Fsp3) is 0.278. The maximum atomic E-state index is 8.71. The quantitative estimate of drug-likeness (QED) is 0.876. The lowest BCUT2D eigenvalue weighted by Crippen LogP contribution is -1.99. The highest BCUT2D eigenvalue weighted by Gasteiger charge is 2.01. The Kier molecular flexibility index (Phi) is 5.36. The molecule has 0 aliphatic carbocycles. The molecule has 0 amide bonds. The van der Waals surface area contributed by atoms with Gasteiger partial charge in [-0.15, -0.1) is 0 Å². The lowest BCUT2D eigenvalue weighted by atomic mass is 10.1. The zero-order chi connectivity index (χ0) is 15.1. The van der Waals surface area contributed by atoms with Gasteiger partial charge in [-0.05, 0) is 31.0 Å². The summed E-state index contributed by atoms with van der Waals surface area (Å²) in [6, 6.07) is 8.19. The third-order valence-corrected chi connectivity index (χ3v) is 3.08. The molecule has 21 heavy (non-hydrogen) atoms. The van der Waals surface area contributed by atoms with Crippen molar-refractivity contribution in [2.75, 3.05) is 6.61 Å². The Morgan fingerprint density at radius 1 is 1.19 bits per heavy atom. The first-order chi connectivity index (χ1) is 10.2. The first kappa shape index (κ1) is 15.1. The van der Waals surface area contributed by atoms with Crippen LogP contribution in [0.25, 0.3) is 0 Å². The average molecular weight is 281 g/mol. The highest BCUT2D eigenvalue weighted by atomic mass is 16.5. The molecule has 1 N–H and O–H groups in total. The Morgan fingerprint density at radius 2 is 2.05 bits per heavy atom. The number of hydrogen-bond donors (Lipinski definition) is 1. The fourth-order valence-corrected chi connectivity index (χ4v) is 1.90. The van der Waals surface area contributed by atoms with Crippen LogP contribution >= 0.6 is 0 Å². The molecule has 0 radical (unpaired) electrons. The molecule has 3 nitrogen and oxygen atoms in total. The predicted octanol–water partition coefficient (Wildman–Crippen LogP) is 3.01. The summed E-state index contributed by atoms with van der Waals surface area (Å²) in [7, 11) is 0. The molecule has 0 atom stereocenters. The van der Waals surface area contributed by atoms with Crippen LogP contribution in [-0.4, -0.2) is 16.7 Å². The van der Waals surface area contributed by atoms with Crippen molar-refractivity contribution in [1.82, 2.24) is 4.98 Å². The molecule has 1 heterocycles. The number of pyridine rings is 1. The van der Waals surface area contributed by atoms with E-state index >= 15 is 0 Å².